The number of hydrogen-bond donors (Lipinski definition) is 1. The van der Waals surface area contributed by atoms with Crippen molar-refractivity contribution in [2.24, 2.45) is 0 Å². The topological polar surface area (TPSA) is 85.3 Å². The van der Waals surface area contributed by atoms with E-state index in [-0.39, 0.29) is 5.91 Å². The maximum Gasteiger partial charge on any atom is 0.286 e. The van der Waals surface area contributed by atoms with Gasteiger partial charge in [0.1, 0.15) is 0 Å². The lowest BCUT2D eigenvalue weighted by Gasteiger charge is -2.00. The highest BCUT2D eigenvalue weighted by Gasteiger charge is 2.09. The van der Waals surface area contributed by atoms with Gasteiger partial charge < -0.3 is 9.73 Å². The quantitative estimate of drug-likeness (QED) is 0.606. The van der Waals surface area contributed by atoms with Gasteiger partial charge in [-0.1, -0.05) is 0 Å². The van der Waals surface area contributed by atoms with Gasteiger partial charge in [-0.2, -0.15) is 5.10 Å². The summed E-state index contributed by atoms with van der Waals surface area (Å²) in [5.41, 5.74) is 3.50. The Morgan fingerprint density at radius 2 is 2.08 bits per heavy atom. The van der Waals surface area contributed by atoms with Gasteiger partial charge in [0.15, 0.2) is 11.4 Å². The summed E-state index contributed by atoms with van der Waals surface area (Å²) in [6.07, 6.45) is 7.45. The van der Waals surface area contributed by atoms with Gasteiger partial charge in [0.05, 0.1) is 17.7 Å². The second kappa shape index (κ2) is 6.56. The number of hydrogen-bond acceptors (Lipinski definition) is 5. The Morgan fingerprint density at radius 3 is 2.88 bits per heavy atom. The summed E-state index contributed by atoms with van der Waals surface area (Å²) in [6, 6.07) is 11.0. The van der Waals surface area contributed by atoms with Gasteiger partial charge in [-0.15, -0.1) is 0 Å². The molecule has 0 radical (unpaired) electrons. The number of nitrogens with one attached hydrogen (secondary N) is 1. The van der Waals surface area contributed by atoms with Gasteiger partial charge in [-0.3, -0.25) is 9.78 Å². The first-order valence-electron chi connectivity index (χ1n) is 7.87. The molecule has 0 spiro atoms. The Bertz CT molecular complexity index is 993. The molecule has 4 aromatic rings. The van der Waals surface area contributed by atoms with E-state index in [1.54, 1.807) is 29.0 Å². The lowest BCUT2D eigenvalue weighted by atomic mass is 10.2. The number of nitrogens with zero attached hydrogens (tertiary/aromatic N) is 4. The van der Waals surface area contributed by atoms with Crippen LogP contribution in [-0.2, 0) is 6.42 Å². The second-order valence-corrected chi connectivity index (χ2v) is 5.47. The van der Waals surface area contributed by atoms with E-state index in [1.807, 2.05) is 30.5 Å². The summed E-state index contributed by atoms with van der Waals surface area (Å²) in [5.74, 6) is 0.0746. The van der Waals surface area contributed by atoms with Crippen LogP contribution in [0.15, 0.2) is 65.7 Å². The first kappa shape index (κ1) is 15.1. The predicted molar refractivity (Wildman–Crippen MR) is 91.0 cm³/mol. The number of furan rings is 1. The van der Waals surface area contributed by atoms with Crippen molar-refractivity contribution >= 4 is 11.6 Å². The van der Waals surface area contributed by atoms with Crippen LogP contribution >= 0.6 is 0 Å². The molecule has 0 aliphatic rings. The highest BCUT2D eigenvalue weighted by atomic mass is 16.3. The number of amides is 1. The number of rotatable bonds is 5. The van der Waals surface area contributed by atoms with Crippen LogP contribution in [0, 0.1) is 0 Å². The van der Waals surface area contributed by atoms with Gasteiger partial charge in [0.2, 0.25) is 0 Å². The molecule has 0 fully saturated rings. The zero-order chi connectivity index (χ0) is 17.1. The fourth-order valence-corrected chi connectivity index (χ4v) is 2.53. The molecule has 1 N–H and O–H groups in total. The molecule has 4 aromatic heterocycles. The first-order chi connectivity index (χ1) is 12.3. The van der Waals surface area contributed by atoms with Crippen LogP contribution in [0.25, 0.3) is 16.9 Å². The minimum absolute atomic E-state index is 0.230. The molecule has 0 saturated carbocycles. The fraction of sp³-hybridized carbons (Fsp3) is 0.111. The standard InChI is InChI=1S/C18H15N5O2/c24-18(16-2-1-11-25-16)20-9-5-14-12-17-21-15(6-10-23(17)22-14)13-3-7-19-8-4-13/h1-4,6-8,10-12H,5,9H2,(H,20,24). The van der Waals surface area contributed by atoms with E-state index in [1.165, 1.54) is 6.26 Å². The summed E-state index contributed by atoms with van der Waals surface area (Å²) >= 11 is 0. The molecule has 7 nitrogen and oxygen atoms in total. The van der Waals surface area contributed by atoms with Crippen molar-refractivity contribution in [1.29, 1.82) is 0 Å². The zero-order valence-corrected chi connectivity index (χ0v) is 13.3. The molecule has 0 saturated heterocycles. The van der Waals surface area contributed by atoms with Crippen molar-refractivity contribution in [2.45, 2.75) is 6.42 Å². The number of fused-ring (bicyclic) bond motifs is 1. The van der Waals surface area contributed by atoms with Crippen LogP contribution in [0.4, 0.5) is 0 Å². The minimum Gasteiger partial charge on any atom is -0.459 e. The van der Waals surface area contributed by atoms with Crippen LogP contribution in [0.1, 0.15) is 16.2 Å². The molecular weight excluding hydrogens is 318 g/mol. The van der Waals surface area contributed by atoms with Gasteiger partial charge in [-0.25, -0.2) is 9.50 Å². The Balaban J connectivity index is 1.45. The average molecular weight is 333 g/mol. The molecule has 0 aliphatic carbocycles. The molecule has 4 heterocycles. The molecule has 0 atom stereocenters. The van der Waals surface area contributed by atoms with Crippen LogP contribution in [0.3, 0.4) is 0 Å². The van der Waals surface area contributed by atoms with Crippen LogP contribution in [0.2, 0.25) is 0 Å². The van der Waals surface area contributed by atoms with E-state index in [4.69, 9.17) is 4.42 Å². The van der Waals surface area contributed by atoms with Gasteiger partial charge in [0, 0.05) is 43.2 Å². The summed E-state index contributed by atoms with van der Waals surface area (Å²) in [7, 11) is 0. The van der Waals surface area contributed by atoms with Crippen LogP contribution in [-0.4, -0.2) is 32.0 Å². The third kappa shape index (κ3) is 3.25. The SMILES string of the molecule is O=C(NCCc1cc2nc(-c3ccncc3)ccn2n1)c1ccco1. The summed E-state index contributed by atoms with van der Waals surface area (Å²) < 4.78 is 6.79. The molecule has 7 heteroatoms. The second-order valence-electron chi connectivity index (χ2n) is 5.47. The van der Waals surface area contributed by atoms with Gasteiger partial charge in [0.25, 0.3) is 5.91 Å². The maximum absolute atomic E-state index is 11.8. The number of aromatic nitrogens is 4. The number of carbonyl (C=O) groups excluding carboxylic acids is 1. The lowest BCUT2D eigenvalue weighted by Crippen LogP contribution is -2.25. The Kier molecular flexibility index (Phi) is 3.96. The highest BCUT2D eigenvalue weighted by Crippen LogP contribution is 2.16. The molecule has 124 valence electrons. The molecule has 0 bridgehead atoms. The fourth-order valence-electron chi connectivity index (χ4n) is 2.53. The van der Waals surface area contributed by atoms with Crippen LogP contribution < -0.4 is 5.32 Å². The van der Waals surface area contributed by atoms with E-state index in [9.17, 15) is 4.79 Å². The van der Waals surface area contributed by atoms with Crippen molar-refractivity contribution in [1.82, 2.24) is 24.9 Å². The molecule has 0 aliphatic heterocycles. The highest BCUT2D eigenvalue weighted by molar-refractivity contribution is 5.91. The van der Waals surface area contributed by atoms with E-state index in [2.05, 4.69) is 20.4 Å². The monoisotopic (exact) mass is 333 g/mol. The summed E-state index contributed by atoms with van der Waals surface area (Å²) in [5, 5.41) is 7.28. The van der Waals surface area contributed by atoms with E-state index < -0.39 is 0 Å². The largest absolute Gasteiger partial charge is 0.459 e. The summed E-state index contributed by atoms with van der Waals surface area (Å²) in [6.45, 7) is 0.473. The molecule has 0 unspecified atom stereocenters. The number of carbonyl (C=O) groups is 1. The van der Waals surface area contributed by atoms with Crippen molar-refractivity contribution in [3.63, 3.8) is 0 Å². The normalized spacial score (nSPS) is 10.9. The molecule has 1 amide bonds. The molecule has 4 rings (SSSR count). The van der Waals surface area contributed by atoms with E-state index in [0.29, 0.717) is 18.7 Å². The zero-order valence-electron chi connectivity index (χ0n) is 13.3. The molecule has 25 heavy (non-hydrogen) atoms. The smallest absolute Gasteiger partial charge is 0.286 e. The lowest BCUT2D eigenvalue weighted by molar-refractivity contribution is 0.0926. The third-order valence-electron chi connectivity index (χ3n) is 3.76. The minimum atomic E-state index is -0.230. The van der Waals surface area contributed by atoms with E-state index in [0.717, 1.165) is 22.6 Å². The Hall–Kier alpha value is -3.48. The third-order valence-corrected chi connectivity index (χ3v) is 3.76. The summed E-state index contributed by atoms with van der Waals surface area (Å²) in [4.78, 5) is 20.5. The van der Waals surface area contributed by atoms with Crippen molar-refractivity contribution < 1.29 is 9.21 Å². The first-order valence-corrected chi connectivity index (χ1v) is 7.87. The van der Waals surface area contributed by atoms with Crippen molar-refractivity contribution in [3.8, 4) is 11.3 Å². The van der Waals surface area contributed by atoms with E-state index >= 15 is 0 Å². The number of pyridine rings is 1. The maximum atomic E-state index is 11.8. The van der Waals surface area contributed by atoms with Crippen molar-refractivity contribution in [2.75, 3.05) is 6.54 Å². The van der Waals surface area contributed by atoms with Crippen LogP contribution in [0.5, 0.6) is 0 Å². The predicted octanol–water partition coefficient (Wildman–Crippen LogP) is 2.36. The van der Waals surface area contributed by atoms with Gasteiger partial charge in [-0.05, 0) is 30.3 Å². The molecule has 0 aromatic carbocycles. The molecular formula is C18H15N5O2. The van der Waals surface area contributed by atoms with Crippen molar-refractivity contribution in [3.05, 3.63) is 72.7 Å². The average Bonchev–Trinajstić information content (AvgIpc) is 3.31. The Morgan fingerprint density at radius 1 is 1.20 bits per heavy atom. The Labute approximate surface area is 143 Å². The van der Waals surface area contributed by atoms with Gasteiger partial charge >= 0.3 is 0 Å².